The first-order chi connectivity index (χ1) is 12.2. The van der Waals surface area contributed by atoms with Gasteiger partial charge in [-0.1, -0.05) is 18.2 Å². The van der Waals surface area contributed by atoms with E-state index in [1.165, 1.54) is 9.78 Å². The van der Waals surface area contributed by atoms with Crippen LogP contribution >= 0.6 is 11.3 Å². The van der Waals surface area contributed by atoms with Gasteiger partial charge in [-0.3, -0.25) is 9.69 Å². The molecule has 1 aliphatic carbocycles. The van der Waals surface area contributed by atoms with Crippen LogP contribution in [0.25, 0.3) is 0 Å². The van der Waals surface area contributed by atoms with E-state index in [-0.39, 0.29) is 18.5 Å². The maximum atomic E-state index is 13.2. The van der Waals surface area contributed by atoms with Crippen molar-refractivity contribution in [1.82, 2.24) is 10.2 Å². The summed E-state index contributed by atoms with van der Waals surface area (Å²) in [5.74, 6) is 0.564. The molecule has 1 aromatic heterocycles. The van der Waals surface area contributed by atoms with Crippen molar-refractivity contribution in [3.8, 4) is 5.75 Å². The first-order valence-electron chi connectivity index (χ1n) is 8.57. The third kappa shape index (κ3) is 2.52. The minimum atomic E-state index is -0.884. The summed E-state index contributed by atoms with van der Waals surface area (Å²) in [6, 6.07) is 9.20. The molecule has 1 fully saturated rings. The molecule has 0 unspecified atom stereocenters. The molecule has 0 radical (unpaired) electrons. The summed E-state index contributed by atoms with van der Waals surface area (Å²) in [5, 5.41) is 4.99. The second kappa shape index (κ2) is 6.19. The van der Waals surface area contributed by atoms with E-state index < -0.39 is 5.54 Å². The van der Waals surface area contributed by atoms with Crippen molar-refractivity contribution in [2.24, 2.45) is 0 Å². The number of ether oxygens (including phenoxy) is 1. The number of nitrogens with one attached hydrogen (secondary N) is 1. The van der Waals surface area contributed by atoms with Crippen LogP contribution in [0.5, 0.6) is 5.75 Å². The molecule has 6 heteroatoms. The zero-order chi connectivity index (χ0) is 17.4. The van der Waals surface area contributed by atoms with Gasteiger partial charge in [-0.15, -0.1) is 11.3 Å². The van der Waals surface area contributed by atoms with E-state index in [0.29, 0.717) is 18.8 Å². The highest BCUT2D eigenvalue weighted by Crippen LogP contribution is 2.42. The number of benzene rings is 1. The van der Waals surface area contributed by atoms with Crippen molar-refractivity contribution in [1.29, 1.82) is 0 Å². The fourth-order valence-electron chi connectivity index (χ4n) is 3.79. The molecule has 1 spiro atoms. The summed E-state index contributed by atoms with van der Waals surface area (Å²) in [4.78, 5) is 28.4. The van der Waals surface area contributed by atoms with Crippen molar-refractivity contribution in [3.05, 3.63) is 51.7 Å². The Morgan fingerprint density at radius 2 is 2.12 bits per heavy atom. The predicted octanol–water partition coefficient (Wildman–Crippen LogP) is 3.43. The average Bonchev–Trinajstić information content (AvgIpc) is 3.18. The number of hydrogen-bond donors (Lipinski definition) is 1. The fraction of sp³-hybridized carbons (Fsp3) is 0.368. The average molecular weight is 356 g/mol. The lowest BCUT2D eigenvalue weighted by Crippen LogP contribution is -2.46. The highest BCUT2D eigenvalue weighted by Gasteiger charge is 2.54. The van der Waals surface area contributed by atoms with Crippen LogP contribution in [-0.2, 0) is 23.3 Å². The normalized spacial score (nSPS) is 22.2. The van der Waals surface area contributed by atoms with Gasteiger partial charge < -0.3 is 10.1 Å². The highest BCUT2D eigenvalue weighted by molar-refractivity contribution is 7.10. The van der Waals surface area contributed by atoms with Gasteiger partial charge in [-0.25, -0.2) is 4.79 Å². The lowest BCUT2D eigenvalue weighted by Gasteiger charge is -2.31. The predicted molar refractivity (Wildman–Crippen MR) is 95.6 cm³/mol. The van der Waals surface area contributed by atoms with Gasteiger partial charge in [-0.2, -0.15) is 0 Å². The zero-order valence-electron chi connectivity index (χ0n) is 14.1. The number of para-hydroxylation sites is 1. The second-order valence-corrected chi connectivity index (χ2v) is 7.38. The van der Waals surface area contributed by atoms with E-state index >= 15 is 0 Å². The van der Waals surface area contributed by atoms with Crippen LogP contribution in [0.3, 0.4) is 0 Å². The van der Waals surface area contributed by atoms with Gasteiger partial charge in [0.1, 0.15) is 11.3 Å². The summed E-state index contributed by atoms with van der Waals surface area (Å²) < 4.78 is 5.63. The SMILES string of the molecule is CCOc1ccccc1CN1C(=O)N[C@]2(CCCc3sccc32)C1=O. The summed E-state index contributed by atoms with van der Waals surface area (Å²) in [7, 11) is 0. The second-order valence-electron chi connectivity index (χ2n) is 6.38. The molecule has 2 aliphatic rings. The molecule has 1 atom stereocenters. The molecule has 25 heavy (non-hydrogen) atoms. The Labute approximate surface area is 150 Å². The van der Waals surface area contributed by atoms with E-state index in [0.717, 1.165) is 24.0 Å². The Morgan fingerprint density at radius 1 is 1.28 bits per heavy atom. The van der Waals surface area contributed by atoms with Crippen LogP contribution in [0.2, 0.25) is 0 Å². The number of aryl methyl sites for hydroxylation is 1. The molecule has 0 saturated carbocycles. The Kier molecular flexibility index (Phi) is 4.00. The minimum absolute atomic E-state index is 0.150. The molecule has 4 rings (SSSR count). The van der Waals surface area contributed by atoms with Crippen LogP contribution < -0.4 is 10.1 Å². The van der Waals surface area contributed by atoms with Crippen LogP contribution in [-0.4, -0.2) is 23.4 Å². The molecule has 1 aliphatic heterocycles. The van der Waals surface area contributed by atoms with Crippen LogP contribution in [0, 0.1) is 0 Å². The Bertz CT molecular complexity index is 832. The highest BCUT2D eigenvalue weighted by atomic mass is 32.1. The molecule has 2 aromatic rings. The summed E-state index contributed by atoms with van der Waals surface area (Å²) in [6.45, 7) is 2.68. The number of thiophene rings is 1. The van der Waals surface area contributed by atoms with Gasteiger partial charge in [0.15, 0.2) is 0 Å². The molecule has 5 nitrogen and oxygen atoms in total. The van der Waals surface area contributed by atoms with Crippen LogP contribution in [0.15, 0.2) is 35.7 Å². The van der Waals surface area contributed by atoms with Gasteiger partial charge in [-0.05, 0) is 43.7 Å². The monoisotopic (exact) mass is 356 g/mol. The number of hydrogen-bond acceptors (Lipinski definition) is 4. The smallest absolute Gasteiger partial charge is 0.325 e. The van der Waals surface area contributed by atoms with Gasteiger partial charge in [0.2, 0.25) is 0 Å². The van der Waals surface area contributed by atoms with Gasteiger partial charge in [0, 0.05) is 16.0 Å². The first kappa shape index (κ1) is 16.1. The van der Waals surface area contributed by atoms with E-state index in [1.807, 2.05) is 42.6 Å². The topological polar surface area (TPSA) is 58.6 Å². The summed E-state index contributed by atoms with van der Waals surface area (Å²) in [6.07, 6.45) is 2.54. The summed E-state index contributed by atoms with van der Waals surface area (Å²) >= 11 is 1.66. The number of amides is 3. The van der Waals surface area contributed by atoms with Crippen molar-refractivity contribution in [3.63, 3.8) is 0 Å². The fourth-order valence-corrected chi connectivity index (χ4v) is 4.79. The van der Waals surface area contributed by atoms with Gasteiger partial charge in [0.25, 0.3) is 5.91 Å². The molecule has 1 saturated heterocycles. The molecular formula is C19H20N2O3S. The van der Waals surface area contributed by atoms with Crippen LogP contribution in [0.1, 0.15) is 35.8 Å². The number of imide groups is 1. The van der Waals surface area contributed by atoms with Gasteiger partial charge in [0.05, 0.1) is 13.2 Å². The zero-order valence-corrected chi connectivity index (χ0v) is 14.9. The largest absolute Gasteiger partial charge is 0.494 e. The van der Waals surface area contributed by atoms with Crippen molar-refractivity contribution in [2.75, 3.05) is 6.61 Å². The van der Waals surface area contributed by atoms with Crippen LogP contribution in [0.4, 0.5) is 4.79 Å². The van der Waals surface area contributed by atoms with Crippen molar-refractivity contribution in [2.45, 2.75) is 38.3 Å². The van der Waals surface area contributed by atoms with Crippen molar-refractivity contribution >= 4 is 23.3 Å². The number of fused-ring (bicyclic) bond motifs is 2. The minimum Gasteiger partial charge on any atom is -0.494 e. The number of urea groups is 1. The van der Waals surface area contributed by atoms with Crippen molar-refractivity contribution < 1.29 is 14.3 Å². The first-order valence-corrected chi connectivity index (χ1v) is 9.45. The van der Waals surface area contributed by atoms with E-state index in [1.54, 1.807) is 11.3 Å². The molecule has 130 valence electrons. The number of nitrogens with zero attached hydrogens (tertiary/aromatic N) is 1. The number of carbonyl (C=O) groups is 2. The van der Waals surface area contributed by atoms with Gasteiger partial charge >= 0.3 is 6.03 Å². The molecule has 2 heterocycles. The Morgan fingerprint density at radius 3 is 2.96 bits per heavy atom. The Hall–Kier alpha value is -2.34. The maximum Gasteiger partial charge on any atom is 0.325 e. The van der Waals surface area contributed by atoms with E-state index in [2.05, 4.69) is 5.32 Å². The molecule has 1 aromatic carbocycles. The van der Waals surface area contributed by atoms with E-state index in [4.69, 9.17) is 4.74 Å². The third-order valence-electron chi connectivity index (χ3n) is 4.94. The molecule has 1 N–H and O–H groups in total. The molecular weight excluding hydrogens is 336 g/mol. The van der Waals surface area contributed by atoms with E-state index in [9.17, 15) is 9.59 Å². The summed E-state index contributed by atoms with van der Waals surface area (Å²) in [5.41, 5.74) is 0.930. The molecule has 0 bridgehead atoms. The Balaban J connectivity index is 1.66. The third-order valence-corrected chi connectivity index (χ3v) is 5.92. The quantitative estimate of drug-likeness (QED) is 0.854. The number of rotatable bonds is 4. The number of carbonyl (C=O) groups excluding carboxylic acids is 2. The lowest BCUT2D eigenvalue weighted by molar-refractivity contribution is -0.132. The molecule has 3 amide bonds. The maximum absolute atomic E-state index is 13.2. The standard InChI is InChI=1S/C19H20N2O3S/c1-2-24-15-7-4-3-6-13(15)12-21-17(22)19(20-18(21)23)10-5-8-16-14(19)9-11-25-16/h3-4,6-7,9,11H,2,5,8,10,12H2,1H3,(H,20,23)/t19-/m0/s1. The lowest BCUT2D eigenvalue weighted by atomic mass is 9.80.